The number of benzene rings is 3. The SMILES string of the molecule is COC(=O)[C@@H](NP1(=O)[C@H](c2ccccc2)CC[C@H]1c1ccccc1)c1ccc(Br)cc1. The number of methoxy groups -OCH3 is 1. The fourth-order valence-corrected chi connectivity index (χ4v) is 8.47. The average Bonchev–Trinajstić information content (AvgIpc) is 3.15. The standard InChI is InChI=1S/C25H25BrNO3P/c1-30-25(28)24(20-12-14-21(26)15-13-20)27-31(29)22(18-8-4-2-5-9-18)16-17-23(31)19-10-6-3-7-11-19/h2-15,22-24H,16-17H2,1H3,(H,27,29)/t22-,23-,24-/m0/s1. The molecule has 0 amide bonds. The van der Waals surface area contributed by atoms with Gasteiger partial charge in [0.1, 0.15) is 6.04 Å². The second kappa shape index (κ2) is 9.52. The molecule has 0 unspecified atom stereocenters. The Kier molecular flexibility index (Phi) is 6.76. The highest BCUT2D eigenvalue weighted by atomic mass is 79.9. The van der Waals surface area contributed by atoms with Crippen molar-refractivity contribution in [3.8, 4) is 0 Å². The van der Waals surface area contributed by atoms with Crippen LogP contribution in [0.5, 0.6) is 0 Å². The Labute approximate surface area is 191 Å². The third-order valence-corrected chi connectivity index (χ3v) is 10.1. The highest BCUT2D eigenvalue weighted by Crippen LogP contribution is 2.74. The van der Waals surface area contributed by atoms with Crippen molar-refractivity contribution in [2.24, 2.45) is 0 Å². The molecule has 3 aromatic rings. The van der Waals surface area contributed by atoms with Gasteiger partial charge in [-0.25, -0.2) is 9.88 Å². The second-order valence-corrected chi connectivity index (χ2v) is 11.6. The minimum absolute atomic E-state index is 0.165. The molecular weight excluding hydrogens is 473 g/mol. The smallest absolute Gasteiger partial charge is 0.327 e. The number of halogens is 1. The maximum Gasteiger partial charge on any atom is 0.327 e. The highest BCUT2D eigenvalue weighted by Gasteiger charge is 2.49. The zero-order chi connectivity index (χ0) is 21.8. The summed E-state index contributed by atoms with van der Waals surface area (Å²) in [6.07, 6.45) is 1.59. The summed E-state index contributed by atoms with van der Waals surface area (Å²) in [6, 6.07) is 26.6. The molecule has 31 heavy (non-hydrogen) atoms. The Bertz CT molecular complexity index is 1020. The number of hydrogen-bond donors (Lipinski definition) is 1. The predicted molar refractivity (Wildman–Crippen MR) is 127 cm³/mol. The van der Waals surface area contributed by atoms with Gasteiger partial charge in [0.15, 0.2) is 7.29 Å². The van der Waals surface area contributed by atoms with Crippen molar-refractivity contribution in [2.75, 3.05) is 7.11 Å². The van der Waals surface area contributed by atoms with Crippen molar-refractivity contribution >= 4 is 29.2 Å². The van der Waals surface area contributed by atoms with Crippen molar-refractivity contribution < 1.29 is 14.1 Å². The normalized spacial score (nSPS) is 20.8. The molecule has 6 heteroatoms. The lowest BCUT2D eigenvalue weighted by Crippen LogP contribution is -2.29. The molecule has 1 N–H and O–H groups in total. The van der Waals surface area contributed by atoms with E-state index in [1.165, 1.54) is 7.11 Å². The molecule has 4 nitrogen and oxygen atoms in total. The minimum Gasteiger partial charge on any atom is -0.468 e. The van der Waals surface area contributed by atoms with Crippen molar-refractivity contribution in [2.45, 2.75) is 30.2 Å². The molecule has 1 saturated heterocycles. The van der Waals surface area contributed by atoms with E-state index in [1.54, 1.807) is 0 Å². The molecule has 1 fully saturated rings. The highest BCUT2D eigenvalue weighted by molar-refractivity contribution is 9.10. The second-order valence-electron chi connectivity index (χ2n) is 7.78. The number of hydrogen-bond acceptors (Lipinski definition) is 3. The molecule has 0 aromatic heterocycles. The Morgan fingerprint density at radius 3 is 1.84 bits per heavy atom. The molecule has 3 atom stereocenters. The minimum atomic E-state index is -3.10. The van der Waals surface area contributed by atoms with Crippen molar-refractivity contribution in [3.05, 3.63) is 106 Å². The Morgan fingerprint density at radius 2 is 1.39 bits per heavy atom. The first-order chi connectivity index (χ1) is 15.0. The lowest BCUT2D eigenvalue weighted by Gasteiger charge is -2.31. The van der Waals surface area contributed by atoms with Crippen LogP contribution in [0, 0.1) is 0 Å². The van der Waals surface area contributed by atoms with Gasteiger partial charge in [-0.15, -0.1) is 0 Å². The van der Waals surface area contributed by atoms with Crippen LogP contribution < -0.4 is 5.09 Å². The van der Waals surface area contributed by atoms with E-state index < -0.39 is 19.3 Å². The largest absolute Gasteiger partial charge is 0.468 e. The number of nitrogens with one attached hydrogen (secondary N) is 1. The number of esters is 1. The molecule has 0 saturated carbocycles. The zero-order valence-electron chi connectivity index (χ0n) is 17.3. The van der Waals surface area contributed by atoms with Crippen molar-refractivity contribution in [1.29, 1.82) is 0 Å². The van der Waals surface area contributed by atoms with Crippen molar-refractivity contribution in [1.82, 2.24) is 5.09 Å². The number of carbonyl (C=O) groups is 1. The molecule has 0 aliphatic carbocycles. The third kappa shape index (κ3) is 4.55. The monoisotopic (exact) mass is 497 g/mol. The van der Waals surface area contributed by atoms with Gasteiger partial charge in [0.2, 0.25) is 0 Å². The Hall–Kier alpha value is -2.20. The van der Waals surface area contributed by atoms with Gasteiger partial charge in [0, 0.05) is 4.47 Å². The van der Waals surface area contributed by atoms with Crippen LogP contribution in [0.2, 0.25) is 0 Å². The fraction of sp³-hybridized carbons (Fsp3) is 0.240. The topological polar surface area (TPSA) is 55.4 Å². The first kappa shape index (κ1) is 22.0. The van der Waals surface area contributed by atoms with Crippen LogP contribution in [0.4, 0.5) is 0 Å². The van der Waals surface area contributed by atoms with Gasteiger partial charge in [-0.3, -0.25) is 0 Å². The van der Waals surface area contributed by atoms with Crippen LogP contribution in [-0.4, -0.2) is 13.1 Å². The number of rotatable bonds is 6. The number of ether oxygens (including phenoxy) is 1. The molecule has 3 aromatic carbocycles. The quantitative estimate of drug-likeness (QED) is 0.300. The molecular formula is C25H25BrNO3P. The van der Waals surface area contributed by atoms with Crippen LogP contribution in [-0.2, 0) is 14.1 Å². The van der Waals surface area contributed by atoms with E-state index in [9.17, 15) is 9.36 Å². The maximum absolute atomic E-state index is 14.8. The van der Waals surface area contributed by atoms with E-state index in [0.29, 0.717) is 0 Å². The molecule has 0 bridgehead atoms. The van der Waals surface area contributed by atoms with Crippen LogP contribution in [0.15, 0.2) is 89.4 Å². The van der Waals surface area contributed by atoms with Crippen LogP contribution in [0.3, 0.4) is 0 Å². The van der Waals surface area contributed by atoms with Gasteiger partial charge in [-0.1, -0.05) is 88.7 Å². The first-order valence-corrected chi connectivity index (χ1v) is 13.0. The van der Waals surface area contributed by atoms with Gasteiger partial charge >= 0.3 is 5.97 Å². The predicted octanol–water partition coefficient (Wildman–Crippen LogP) is 6.81. The Morgan fingerprint density at radius 1 is 0.903 bits per heavy atom. The summed E-state index contributed by atoms with van der Waals surface area (Å²) >= 11 is 3.44. The van der Waals surface area contributed by atoms with Gasteiger partial charge in [-0.05, 0) is 41.7 Å². The van der Waals surface area contributed by atoms with Gasteiger partial charge in [0.05, 0.1) is 18.4 Å². The molecule has 0 radical (unpaired) electrons. The summed E-state index contributed by atoms with van der Waals surface area (Å²) in [7, 11) is -1.73. The molecule has 1 aliphatic heterocycles. The molecule has 4 rings (SSSR count). The van der Waals surface area contributed by atoms with E-state index in [4.69, 9.17) is 4.74 Å². The number of carbonyl (C=O) groups excluding carboxylic acids is 1. The van der Waals surface area contributed by atoms with Crippen LogP contribution in [0.25, 0.3) is 0 Å². The lowest BCUT2D eigenvalue weighted by molar-refractivity contribution is -0.142. The zero-order valence-corrected chi connectivity index (χ0v) is 19.8. The molecule has 1 heterocycles. The van der Waals surface area contributed by atoms with E-state index >= 15 is 0 Å². The van der Waals surface area contributed by atoms with Crippen molar-refractivity contribution in [3.63, 3.8) is 0 Å². The molecule has 160 valence electrons. The lowest BCUT2D eigenvalue weighted by atomic mass is 10.0. The van der Waals surface area contributed by atoms with Crippen LogP contribution >= 0.6 is 23.2 Å². The van der Waals surface area contributed by atoms with Gasteiger partial charge < -0.3 is 9.30 Å². The summed E-state index contributed by atoms with van der Waals surface area (Å²) in [5.41, 5.74) is 2.48. The summed E-state index contributed by atoms with van der Waals surface area (Å²) in [6.45, 7) is 0. The summed E-state index contributed by atoms with van der Waals surface area (Å²) in [5.74, 6) is -0.442. The summed E-state index contributed by atoms with van der Waals surface area (Å²) in [5, 5.41) is 3.34. The van der Waals surface area contributed by atoms with Gasteiger partial charge in [0.25, 0.3) is 0 Å². The van der Waals surface area contributed by atoms with E-state index in [1.807, 2.05) is 84.9 Å². The average molecular weight is 498 g/mol. The summed E-state index contributed by atoms with van der Waals surface area (Å²) < 4.78 is 20.8. The summed E-state index contributed by atoms with van der Waals surface area (Å²) in [4.78, 5) is 12.8. The van der Waals surface area contributed by atoms with E-state index in [0.717, 1.165) is 34.0 Å². The van der Waals surface area contributed by atoms with E-state index in [-0.39, 0.29) is 11.3 Å². The van der Waals surface area contributed by atoms with Gasteiger partial charge in [-0.2, -0.15) is 0 Å². The first-order valence-electron chi connectivity index (χ1n) is 10.3. The Balaban J connectivity index is 1.78. The molecule has 0 spiro atoms. The van der Waals surface area contributed by atoms with E-state index in [2.05, 4.69) is 21.0 Å². The fourth-order valence-electron chi connectivity index (χ4n) is 4.46. The maximum atomic E-state index is 14.8. The van der Waals surface area contributed by atoms with Crippen LogP contribution in [0.1, 0.15) is 46.9 Å². The third-order valence-electron chi connectivity index (χ3n) is 5.98. The molecule has 1 aliphatic rings.